The third-order valence-corrected chi connectivity index (χ3v) is 3.04. The van der Waals surface area contributed by atoms with Gasteiger partial charge in [-0.2, -0.15) is 0 Å². The van der Waals surface area contributed by atoms with Crippen LogP contribution in [0.3, 0.4) is 0 Å². The fourth-order valence-electron chi connectivity index (χ4n) is 1.13. The molecule has 0 fully saturated rings. The van der Waals surface area contributed by atoms with Crippen LogP contribution in [0.15, 0.2) is 35.1 Å². The molecule has 2 aromatic rings. The second-order valence-electron chi connectivity index (χ2n) is 2.82. The molecule has 0 aliphatic carbocycles. The second kappa shape index (κ2) is 3.98. The highest BCUT2D eigenvalue weighted by Crippen LogP contribution is 2.22. The maximum absolute atomic E-state index is 11.6. The smallest absolute Gasteiger partial charge is 0.171 e. The van der Waals surface area contributed by atoms with Gasteiger partial charge >= 0.3 is 0 Å². The van der Waals surface area contributed by atoms with Gasteiger partial charge in [-0.05, 0) is 18.2 Å². The number of carbonyl (C=O) groups is 1. The molecule has 0 aliphatic rings. The van der Waals surface area contributed by atoms with Crippen LogP contribution in [-0.4, -0.2) is 5.78 Å². The average molecular weight is 227 g/mol. The van der Waals surface area contributed by atoms with Gasteiger partial charge in [-0.15, -0.1) is 11.3 Å². The first-order valence-electron chi connectivity index (χ1n) is 4.05. The molecule has 72 valence electrons. The minimum atomic E-state index is 0.0530. The number of thiophene rings is 1. The summed E-state index contributed by atoms with van der Waals surface area (Å²) in [5.41, 5.74) is 0.606. The third kappa shape index (κ3) is 2.05. The molecule has 0 unspecified atom stereocenters. The molecule has 0 spiro atoms. The Morgan fingerprint density at radius 3 is 2.86 bits per heavy atom. The molecule has 0 saturated carbocycles. The fraction of sp³-hybridized carbons (Fsp3) is 0.100. The molecule has 0 aliphatic heterocycles. The van der Waals surface area contributed by atoms with Crippen LogP contribution in [0.2, 0.25) is 4.34 Å². The molecule has 0 amide bonds. The molecule has 2 heterocycles. The van der Waals surface area contributed by atoms with Crippen LogP contribution in [-0.2, 0) is 6.42 Å². The van der Waals surface area contributed by atoms with E-state index in [1.165, 1.54) is 23.9 Å². The minimum Gasteiger partial charge on any atom is -0.472 e. The summed E-state index contributed by atoms with van der Waals surface area (Å²) < 4.78 is 5.54. The second-order valence-corrected chi connectivity index (χ2v) is 4.62. The molecule has 2 rings (SSSR count). The van der Waals surface area contributed by atoms with E-state index in [9.17, 15) is 4.79 Å². The lowest BCUT2D eigenvalue weighted by Crippen LogP contribution is -1.99. The number of furan rings is 1. The predicted molar refractivity (Wildman–Crippen MR) is 56.1 cm³/mol. The molecule has 0 N–H and O–H groups in total. The van der Waals surface area contributed by atoms with Gasteiger partial charge in [0, 0.05) is 11.3 Å². The number of carbonyl (C=O) groups excluding carboxylic acids is 1. The topological polar surface area (TPSA) is 30.2 Å². The highest BCUT2D eigenvalue weighted by atomic mass is 35.5. The van der Waals surface area contributed by atoms with E-state index < -0.39 is 0 Å². The number of hydrogen-bond acceptors (Lipinski definition) is 3. The summed E-state index contributed by atoms with van der Waals surface area (Å²) in [4.78, 5) is 12.6. The molecular weight excluding hydrogens is 220 g/mol. The first-order chi connectivity index (χ1) is 6.75. The van der Waals surface area contributed by atoms with Crippen LogP contribution in [0, 0.1) is 0 Å². The normalized spacial score (nSPS) is 10.4. The van der Waals surface area contributed by atoms with Crippen molar-refractivity contribution in [2.75, 3.05) is 0 Å². The van der Waals surface area contributed by atoms with Gasteiger partial charge in [0.25, 0.3) is 0 Å². The number of hydrogen-bond donors (Lipinski definition) is 0. The van der Waals surface area contributed by atoms with Crippen LogP contribution in [0.5, 0.6) is 0 Å². The summed E-state index contributed by atoms with van der Waals surface area (Å²) in [6.45, 7) is 0. The van der Waals surface area contributed by atoms with E-state index in [1.807, 2.05) is 6.07 Å². The van der Waals surface area contributed by atoms with Gasteiger partial charge < -0.3 is 4.42 Å². The highest BCUT2D eigenvalue weighted by molar-refractivity contribution is 7.16. The Kier molecular flexibility index (Phi) is 2.70. The van der Waals surface area contributed by atoms with Crippen molar-refractivity contribution in [3.05, 3.63) is 45.5 Å². The fourth-order valence-corrected chi connectivity index (χ4v) is 2.22. The molecule has 2 nitrogen and oxygen atoms in total. The molecule has 14 heavy (non-hydrogen) atoms. The molecule has 0 aromatic carbocycles. The Morgan fingerprint density at radius 2 is 2.29 bits per heavy atom. The van der Waals surface area contributed by atoms with Gasteiger partial charge in [0.2, 0.25) is 0 Å². The zero-order chi connectivity index (χ0) is 9.97. The lowest BCUT2D eigenvalue weighted by molar-refractivity contribution is 0.0993. The van der Waals surface area contributed by atoms with Gasteiger partial charge in [-0.3, -0.25) is 4.79 Å². The van der Waals surface area contributed by atoms with E-state index in [2.05, 4.69) is 0 Å². The first kappa shape index (κ1) is 9.49. The van der Waals surface area contributed by atoms with Crippen LogP contribution in [0.4, 0.5) is 0 Å². The van der Waals surface area contributed by atoms with Crippen molar-refractivity contribution in [1.82, 2.24) is 0 Å². The van der Waals surface area contributed by atoms with E-state index in [-0.39, 0.29) is 5.78 Å². The number of halogens is 1. The number of ketones is 1. The Hall–Kier alpha value is -1.06. The molecule has 0 saturated heterocycles. The zero-order valence-electron chi connectivity index (χ0n) is 7.20. The Balaban J connectivity index is 2.09. The standard InChI is InChI=1S/C10H7ClO2S/c11-10-2-1-8(14-10)5-9(12)7-3-4-13-6-7/h1-4,6H,5H2. The first-order valence-corrected chi connectivity index (χ1v) is 5.25. The lowest BCUT2D eigenvalue weighted by atomic mass is 10.1. The van der Waals surface area contributed by atoms with Crippen LogP contribution < -0.4 is 0 Å². The van der Waals surface area contributed by atoms with E-state index in [4.69, 9.17) is 16.0 Å². The molecule has 0 bridgehead atoms. The molecular formula is C10H7ClO2S. The summed E-state index contributed by atoms with van der Waals surface area (Å²) in [5, 5.41) is 0. The largest absolute Gasteiger partial charge is 0.472 e. The number of Topliss-reactive ketones (excluding diaryl/α,β-unsaturated/α-hetero) is 1. The lowest BCUT2D eigenvalue weighted by Gasteiger charge is -1.92. The van der Waals surface area contributed by atoms with Gasteiger partial charge in [0.15, 0.2) is 5.78 Å². The molecule has 2 aromatic heterocycles. The van der Waals surface area contributed by atoms with Crippen LogP contribution in [0.25, 0.3) is 0 Å². The van der Waals surface area contributed by atoms with Gasteiger partial charge in [0.05, 0.1) is 16.2 Å². The van der Waals surface area contributed by atoms with Crippen molar-refractivity contribution in [1.29, 1.82) is 0 Å². The summed E-state index contributed by atoms with van der Waals surface area (Å²) in [5.74, 6) is 0.0530. The summed E-state index contributed by atoms with van der Waals surface area (Å²) in [6.07, 6.45) is 3.34. The summed E-state index contributed by atoms with van der Waals surface area (Å²) >= 11 is 7.18. The maximum Gasteiger partial charge on any atom is 0.171 e. The SMILES string of the molecule is O=C(Cc1ccc(Cl)s1)c1ccoc1. The Morgan fingerprint density at radius 1 is 1.43 bits per heavy atom. The van der Waals surface area contributed by atoms with Crippen molar-refractivity contribution in [2.45, 2.75) is 6.42 Å². The van der Waals surface area contributed by atoms with E-state index in [0.717, 1.165) is 4.88 Å². The Bertz CT molecular complexity index is 431. The van der Waals surface area contributed by atoms with Crippen LogP contribution >= 0.6 is 22.9 Å². The summed E-state index contributed by atoms with van der Waals surface area (Å²) in [7, 11) is 0. The molecule has 0 atom stereocenters. The van der Waals surface area contributed by atoms with Crippen molar-refractivity contribution in [3.8, 4) is 0 Å². The quantitative estimate of drug-likeness (QED) is 0.751. The predicted octanol–water partition coefficient (Wildman–Crippen LogP) is 3.42. The van der Waals surface area contributed by atoms with E-state index in [0.29, 0.717) is 16.3 Å². The van der Waals surface area contributed by atoms with Crippen LogP contribution in [0.1, 0.15) is 15.2 Å². The third-order valence-electron chi connectivity index (χ3n) is 1.81. The van der Waals surface area contributed by atoms with Gasteiger partial charge in [0.1, 0.15) is 6.26 Å². The monoisotopic (exact) mass is 226 g/mol. The average Bonchev–Trinajstić information content (AvgIpc) is 2.75. The highest BCUT2D eigenvalue weighted by Gasteiger charge is 2.09. The van der Waals surface area contributed by atoms with Crippen molar-refractivity contribution < 1.29 is 9.21 Å². The Labute approximate surface area is 90.1 Å². The van der Waals surface area contributed by atoms with Crippen molar-refractivity contribution >= 4 is 28.7 Å². The molecule has 0 radical (unpaired) electrons. The maximum atomic E-state index is 11.6. The van der Waals surface area contributed by atoms with Gasteiger partial charge in [-0.25, -0.2) is 0 Å². The summed E-state index contributed by atoms with van der Waals surface area (Å²) in [6, 6.07) is 5.33. The number of rotatable bonds is 3. The van der Waals surface area contributed by atoms with E-state index in [1.54, 1.807) is 12.1 Å². The van der Waals surface area contributed by atoms with Gasteiger partial charge in [-0.1, -0.05) is 11.6 Å². The molecule has 4 heteroatoms. The van der Waals surface area contributed by atoms with Crippen molar-refractivity contribution in [2.24, 2.45) is 0 Å². The zero-order valence-corrected chi connectivity index (χ0v) is 8.77. The van der Waals surface area contributed by atoms with Crippen molar-refractivity contribution in [3.63, 3.8) is 0 Å². The minimum absolute atomic E-state index is 0.0530. The van der Waals surface area contributed by atoms with E-state index >= 15 is 0 Å².